The van der Waals surface area contributed by atoms with E-state index in [0.29, 0.717) is 19.3 Å². The molecule has 0 radical (unpaired) electrons. The summed E-state index contributed by atoms with van der Waals surface area (Å²) in [5, 5.41) is 0. The van der Waals surface area contributed by atoms with Gasteiger partial charge in [0.1, 0.15) is 13.2 Å². The highest BCUT2D eigenvalue weighted by atomic mass is 16.6. The standard InChI is InChI=1S/C51H90O6/c1-4-7-10-13-16-19-22-24-25-26-28-29-32-35-38-41-44-50(53)56-47-48(46-55-49(52)43-40-37-34-31-21-18-15-12-9-6-3)57-51(54)45-42-39-36-33-30-27-23-20-17-14-11-8-5-2/h8,11,17,20,25-27,30,48H,4-7,9-10,12-16,18-19,21-24,28-29,31-47H2,1-3H3/b11-8-,20-17-,26-25-,30-27-. The minimum absolute atomic E-state index is 0.0861. The van der Waals surface area contributed by atoms with E-state index in [1.54, 1.807) is 0 Å². The molecule has 1 atom stereocenters. The van der Waals surface area contributed by atoms with E-state index >= 15 is 0 Å². The van der Waals surface area contributed by atoms with Gasteiger partial charge in [-0.15, -0.1) is 0 Å². The Bertz CT molecular complexity index is 1010. The van der Waals surface area contributed by atoms with Gasteiger partial charge in [-0.25, -0.2) is 0 Å². The highest BCUT2D eigenvalue weighted by molar-refractivity contribution is 5.71. The van der Waals surface area contributed by atoms with Crippen LogP contribution in [0.1, 0.15) is 239 Å². The molecule has 1 unspecified atom stereocenters. The van der Waals surface area contributed by atoms with Gasteiger partial charge in [-0.05, 0) is 77.0 Å². The van der Waals surface area contributed by atoms with Gasteiger partial charge in [0.25, 0.3) is 0 Å². The van der Waals surface area contributed by atoms with Crippen molar-refractivity contribution in [3.63, 3.8) is 0 Å². The summed E-state index contributed by atoms with van der Waals surface area (Å²) in [5.41, 5.74) is 0. The van der Waals surface area contributed by atoms with E-state index in [1.807, 2.05) is 0 Å². The molecule has 0 aliphatic carbocycles. The summed E-state index contributed by atoms with van der Waals surface area (Å²) in [6.07, 6.45) is 53.8. The summed E-state index contributed by atoms with van der Waals surface area (Å²) in [6.45, 7) is 6.48. The van der Waals surface area contributed by atoms with Crippen LogP contribution >= 0.6 is 0 Å². The van der Waals surface area contributed by atoms with E-state index in [2.05, 4.69) is 69.4 Å². The number of hydrogen-bond acceptors (Lipinski definition) is 6. The lowest BCUT2D eigenvalue weighted by Gasteiger charge is -2.18. The Hall–Kier alpha value is -2.63. The Labute approximate surface area is 352 Å². The van der Waals surface area contributed by atoms with Crippen molar-refractivity contribution in [2.24, 2.45) is 0 Å². The highest BCUT2D eigenvalue weighted by Gasteiger charge is 2.19. The van der Waals surface area contributed by atoms with Gasteiger partial charge in [-0.2, -0.15) is 0 Å². The third-order valence-corrected chi connectivity index (χ3v) is 10.3. The molecule has 0 saturated heterocycles. The first-order valence-electron chi connectivity index (χ1n) is 24.1. The number of allylic oxidation sites excluding steroid dienone is 8. The van der Waals surface area contributed by atoms with E-state index in [4.69, 9.17) is 14.2 Å². The van der Waals surface area contributed by atoms with Crippen molar-refractivity contribution < 1.29 is 28.6 Å². The average Bonchev–Trinajstić information content (AvgIpc) is 3.21. The second-order valence-electron chi connectivity index (χ2n) is 16.0. The number of carbonyl (C=O) groups excluding carboxylic acids is 3. The Morgan fingerprint density at radius 1 is 0.368 bits per heavy atom. The van der Waals surface area contributed by atoms with Crippen molar-refractivity contribution in [2.75, 3.05) is 13.2 Å². The molecule has 0 amide bonds. The molecule has 0 aromatic heterocycles. The Balaban J connectivity index is 4.39. The quantitative estimate of drug-likeness (QED) is 0.0265. The van der Waals surface area contributed by atoms with E-state index in [1.165, 1.54) is 109 Å². The minimum atomic E-state index is -0.787. The lowest BCUT2D eigenvalue weighted by atomic mass is 10.1. The molecule has 0 aromatic carbocycles. The van der Waals surface area contributed by atoms with Crippen LogP contribution in [-0.2, 0) is 28.6 Å². The van der Waals surface area contributed by atoms with Crippen LogP contribution in [0, 0.1) is 0 Å². The monoisotopic (exact) mass is 799 g/mol. The number of ether oxygens (including phenoxy) is 3. The molecular formula is C51H90O6. The van der Waals surface area contributed by atoms with Crippen molar-refractivity contribution in [3.8, 4) is 0 Å². The molecular weight excluding hydrogens is 709 g/mol. The van der Waals surface area contributed by atoms with Crippen molar-refractivity contribution in [2.45, 2.75) is 245 Å². The zero-order chi connectivity index (χ0) is 41.5. The number of esters is 3. The topological polar surface area (TPSA) is 78.9 Å². The fourth-order valence-corrected chi connectivity index (χ4v) is 6.69. The van der Waals surface area contributed by atoms with Gasteiger partial charge in [0.2, 0.25) is 0 Å². The van der Waals surface area contributed by atoms with Gasteiger partial charge < -0.3 is 14.2 Å². The van der Waals surface area contributed by atoms with Crippen LogP contribution < -0.4 is 0 Å². The van der Waals surface area contributed by atoms with Crippen LogP contribution in [-0.4, -0.2) is 37.2 Å². The Kier molecular flexibility index (Phi) is 43.9. The fourth-order valence-electron chi connectivity index (χ4n) is 6.69. The van der Waals surface area contributed by atoms with Gasteiger partial charge in [0.05, 0.1) is 0 Å². The van der Waals surface area contributed by atoms with Gasteiger partial charge in [-0.1, -0.05) is 191 Å². The van der Waals surface area contributed by atoms with E-state index in [0.717, 1.165) is 89.9 Å². The second-order valence-corrected chi connectivity index (χ2v) is 16.0. The predicted octanol–water partition coefficient (Wildman–Crippen LogP) is 15.5. The zero-order valence-corrected chi connectivity index (χ0v) is 37.6. The van der Waals surface area contributed by atoms with Crippen molar-refractivity contribution in [3.05, 3.63) is 48.6 Å². The maximum atomic E-state index is 12.7. The largest absolute Gasteiger partial charge is 0.462 e. The van der Waals surface area contributed by atoms with Crippen LogP contribution in [0.3, 0.4) is 0 Å². The Morgan fingerprint density at radius 3 is 1.11 bits per heavy atom. The fraction of sp³-hybridized carbons (Fsp3) is 0.784. The van der Waals surface area contributed by atoms with Crippen LogP contribution in [0.25, 0.3) is 0 Å². The molecule has 0 heterocycles. The van der Waals surface area contributed by atoms with Crippen molar-refractivity contribution in [1.82, 2.24) is 0 Å². The molecule has 57 heavy (non-hydrogen) atoms. The second kappa shape index (κ2) is 46.1. The average molecular weight is 799 g/mol. The molecule has 0 bridgehead atoms. The lowest BCUT2D eigenvalue weighted by molar-refractivity contribution is -0.167. The summed E-state index contributed by atoms with van der Waals surface area (Å²) >= 11 is 0. The normalized spacial score (nSPS) is 12.4. The lowest BCUT2D eigenvalue weighted by Crippen LogP contribution is -2.30. The molecule has 330 valence electrons. The third-order valence-electron chi connectivity index (χ3n) is 10.3. The molecule has 0 spiro atoms. The molecule has 0 N–H and O–H groups in total. The highest BCUT2D eigenvalue weighted by Crippen LogP contribution is 2.14. The third kappa shape index (κ3) is 44.3. The summed E-state index contributed by atoms with van der Waals surface area (Å²) < 4.78 is 16.7. The van der Waals surface area contributed by atoms with Gasteiger partial charge in [-0.3, -0.25) is 14.4 Å². The van der Waals surface area contributed by atoms with E-state index in [-0.39, 0.29) is 31.1 Å². The zero-order valence-electron chi connectivity index (χ0n) is 37.6. The molecule has 0 aliphatic heterocycles. The first-order chi connectivity index (χ1) is 28.0. The molecule has 0 aromatic rings. The Morgan fingerprint density at radius 2 is 0.684 bits per heavy atom. The minimum Gasteiger partial charge on any atom is -0.462 e. The van der Waals surface area contributed by atoms with Gasteiger partial charge in [0.15, 0.2) is 6.10 Å². The van der Waals surface area contributed by atoms with Crippen molar-refractivity contribution >= 4 is 17.9 Å². The summed E-state index contributed by atoms with van der Waals surface area (Å²) in [4.78, 5) is 37.8. The predicted molar refractivity (Wildman–Crippen MR) is 242 cm³/mol. The van der Waals surface area contributed by atoms with Crippen LogP contribution in [0.5, 0.6) is 0 Å². The number of hydrogen-bond donors (Lipinski definition) is 0. The first-order valence-corrected chi connectivity index (χ1v) is 24.1. The molecule has 0 aliphatic rings. The summed E-state index contributed by atoms with van der Waals surface area (Å²) in [6, 6.07) is 0. The smallest absolute Gasteiger partial charge is 0.306 e. The maximum Gasteiger partial charge on any atom is 0.306 e. The molecule has 0 fully saturated rings. The SMILES string of the molecule is CC/C=C\C/C=C\C/C=C\CCCCCC(=O)OC(COC(=O)CCCCCCC/C=C\CCCCCCCCC)COC(=O)CCCCCCCCCCCC. The summed E-state index contributed by atoms with van der Waals surface area (Å²) in [5.74, 6) is -0.923. The number of unbranched alkanes of at least 4 members (excludes halogenated alkanes) is 24. The van der Waals surface area contributed by atoms with E-state index in [9.17, 15) is 14.4 Å². The molecule has 0 saturated carbocycles. The molecule has 6 heteroatoms. The first kappa shape index (κ1) is 54.4. The molecule has 0 rings (SSSR count). The number of carbonyl (C=O) groups is 3. The van der Waals surface area contributed by atoms with Crippen LogP contribution in [0.15, 0.2) is 48.6 Å². The van der Waals surface area contributed by atoms with Crippen molar-refractivity contribution in [1.29, 1.82) is 0 Å². The van der Waals surface area contributed by atoms with Gasteiger partial charge >= 0.3 is 17.9 Å². The summed E-state index contributed by atoms with van der Waals surface area (Å²) in [7, 11) is 0. The number of rotatable bonds is 43. The van der Waals surface area contributed by atoms with Crippen LogP contribution in [0.4, 0.5) is 0 Å². The van der Waals surface area contributed by atoms with Crippen LogP contribution in [0.2, 0.25) is 0 Å². The van der Waals surface area contributed by atoms with Gasteiger partial charge in [0, 0.05) is 19.3 Å². The maximum absolute atomic E-state index is 12.7. The van der Waals surface area contributed by atoms with E-state index < -0.39 is 6.10 Å². The molecule has 6 nitrogen and oxygen atoms in total.